The zero-order valence-electron chi connectivity index (χ0n) is 19.5. The molecule has 1 amide bonds. The Morgan fingerprint density at radius 2 is 1.68 bits per heavy atom. The van der Waals surface area contributed by atoms with Gasteiger partial charge in [0.05, 0.1) is 17.4 Å². The number of rotatable bonds is 5. The fourth-order valence-electron chi connectivity index (χ4n) is 5.05. The van der Waals surface area contributed by atoms with E-state index in [0.29, 0.717) is 29.5 Å². The van der Waals surface area contributed by atoms with Crippen molar-refractivity contribution in [3.8, 4) is 11.3 Å². The molecule has 4 rings (SSSR count). The lowest BCUT2D eigenvalue weighted by atomic mass is 9.74. The van der Waals surface area contributed by atoms with Gasteiger partial charge in [0.25, 0.3) is 5.91 Å². The van der Waals surface area contributed by atoms with Crippen LogP contribution >= 0.6 is 0 Å². The molecule has 1 saturated carbocycles. The minimum absolute atomic E-state index is 0.144. The molecule has 0 aliphatic heterocycles. The molecule has 0 spiro atoms. The van der Waals surface area contributed by atoms with Crippen molar-refractivity contribution < 1.29 is 18.0 Å². The first-order valence-corrected chi connectivity index (χ1v) is 11.7. The zero-order valence-corrected chi connectivity index (χ0v) is 19.5. The monoisotopic (exact) mass is 467 g/mol. The lowest BCUT2D eigenvalue weighted by Gasteiger charge is -2.32. The third-order valence-corrected chi connectivity index (χ3v) is 6.55. The number of carbonyl (C=O) groups is 1. The molecule has 1 aliphatic rings. The molecule has 3 atom stereocenters. The standard InChI is InChI=1S/C27H28F3N3O/c1-4-17-12-21(29)25(22(30)13-17)26-20(28)5-6-23(32-26)27(34)33-24-14-31-8-7-19(24)18-10-15(2)9-16(3)11-18/h5-8,12-16,18H,4,9-11H2,1-3H3,(H,33,34)/t15-,16?,18?/m1/s1. The first-order chi connectivity index (χ1) is 16.3. The normalized spacial score (nSPS) is 20.2. The largest absolute Gasteiger partial charge is 0.319 e. The van der Waals surface area contributed by atoms with Crippen LogP contribution in [0.4, 0.5) is 18.9 Å². The van der Waals surface area contributed by atoms with Crippen LogP contribution in [0.5, 0.6) is 0 Å². The Balaban J connectivity index is 1.64. The van der Waals surface area contributed by atoms with Gasteiger partial charge in [0, 0.05) is 6.20 Å². The van der Waals surface area contributed by atoms with Crippen LogP contribution in [0.2, 0.25) is 0 Å². The smallest absolute Gasteiger partial charge is 0.274 e. The molecular formula is C27H28F3N3O. The third kappa shape index (κ3) is 4.98. The van der Waals surface area contributed by atoms with E-state index in [0.717, 1.165) is 36.6 Å². The maximum Gasteiger partial charge on any atom is 0.274 e. The number of nitrogens with one attached hydrogen (secondary N) is 1. The molecule has 0 saturated heterocycles. The van der Waals surface area contributed by atoms with Crippen molar-refractivity contribution in [2.24, 2.45) is 11.8 Å². The van der Waals surface area contributed by atoms with Crippen LogP contribution in [0.3, 0.4) is 0 Å². The summed E-state index contributed by atoms with van der Waals surface area (Å²) in [6.45, 7) is 6.23. The van der Waals surface area contributed by atoms with Crippen molar-refractivity contribution in [1.29, 1.82) is 0 Å². The van der Waals surface area contributed by atoms with Crippen molar-refractivity contribution in [2.45, 2.75) is 52.4 Å². The Bertz CT molecular complexity index is 1180. The molecule has 178 valence electrons. The number of halogens is 3. The molecule has 1 aliphatic carbocycles. The number of amides is 1. The average Bonchev–Trinajstić information content (AvgIpc) is 2.79. The first kappa shape index (κ1) is 23.9. The number of anilines is 1. The molecular weight excluding hydrogens is 439 g/mol. The van der Waals surface area contributed by atoms with Crippen LogP contribution in [0.1, 0.15) is 67.6 Å². The van der Waals surface area contributed by atoms with E-state index < -0.39 is 34.6 Å². The number of aromatic nitrogens is 2. The zero-order chi connectivity index (χ0) is 24.4. The molecule has 2 unspecified atom stereocenters. The van der Waals surface area contributed by atoms with Gasteiger partial charge in [-0.25, -0.2) is 18.2 Å². The van der Waals surface area contributed by atoms with Crippen LogP contribution in [0, 0.1) is 29.3 Å². The van der Waals surface area contributed by atoms with Gasteiger partial charge in [0.2, 0.25) is 0 Å². The predicted octanol–water partition coefficient (Wildman–Crippen LogP) is 6.92. The van der Waals surface area contributed by atoms with Crippen molar-refractivity contribution >= 4 is 11.6 Å². The highest BCUT2D eigenvalue weighted by molar-refractivity contribution is 6.03. The summed E-state index contributed by atoms with van der Waals surface area (Å²) >= 11 is 0. The van der Waals surface area contributed by atoms with E-state index in [1.54, 1.807) is 19.3 Å². The number of hydrogen-bond donors (Lipinski definition) is 1. The minimum atomic E-state index is -0.920. The molecule has 2 heterocycles. The molecule has 2 aromatic heterocycles. The maximum absolute atomic E-state index is 14.6. The SMILES string of the molecule is CCc1cc(F)c(-c2nc(C(=O)Nc3cnccc3C3CC(C)C[C@@H](C)C3)ccc2F)c(F)c1. The Hall–Kier alpha value is -3.22. The van der Waals surface area contributed by atoms with E-state index >= 15 is 0 Å². The molecule has 3 aromatic rings. The fraction of sp³-hybridized carbons (Fsp3) is 0.370. The molecule has 1 fully saturated rings. The van der Waals surface area contributed by atoms with Crippen molar-refractivity contribution in [3.05, 3.63) is 77.0 Å². The number of hydrogen-bond acceptors (Lipinski definition) is 3. The Morgan fingerprint density at radius 1 is 1.00 bits per heavy atom. The minimum Gasteiger partial charge on any atom is -0.319 e. The van der Waals surface area contributed by atoms with E-state index in [-0.39, 0.29) is 11.6 Å². The van der Waals surface area contributed by atoms with Gasteiger partial charge < -0.3 is 5.32 Å². The van der Waals surface area contributed by atoms with Crippen LogP contribution < -0.4 is 5.32 Å². The van der Waals surface area contributed by atoms with Gasteiger partial charge in [-0.2, -0.15) is 0 Å². The van der Waals surface area contributed by atoms with Gasteiger partial charge in [-0.05, 0) is 84.9 Å². The highest BCUT2D eigenvalue weighted by Crippen LogP contribution is 2.41. The molecule has 7 heteroatoms. The Labute approximate surface area is 197 Å². The lowest BCUT2D eigenvalue weighted by Crippen LogP contribution is -2.21. The van der Waals surface area contributed by atoms with E-state index in [2.05, 4.69) is 29.1 Å². The molecule has 4 nitrogen and oxygen atoms in total. The molecule has 1 N–H and O–H groups in total. The van der Waals surface area contributed by atoms with Crippen molar-refractivity contribution in [2.75, 3.05) is 5.32 Å². The fourth-order valence-corrected chi connectivity index (χ4v) is 5.05. The summed E-state index contributed by atoms with van der Waals surface area (Å²) in [4.78, 5) is 21.2. The van der Waals surface area contributed by atoms with E-state index in [1.807, 2.05) is 6.07 Å². The second-order valence-electron chi connectivity index (χ2n) is 9.35. The quantitative estimate of drug-likeness (QED) is 0.443. The van der Waals surface area contributed by atoms with Crippen LogP contribution in [0.15, 0.2) is 42.7 Å². The highest BCUT2D eigenvalue weighted by Gasteiger charge is 2.27. The van der Waals surface area contributed by atoms with Crippen LogP contribution in [0.25, 0.3) is 11.3 Å². The number of benzene rings is 1. The van der Waals surface area contributed by atoms with E-state index in [4.69, 9.17) is 0 Å². The van der Waals surface area contributed by atoms with Gasteiger partial charge in [-0.1, -0.05) is 20.8 Å². The van der Waals surface area contributed by atoms with E-state index in [9.17, 15) is 18.0 Å². The summed E-state index contributed by atoms with van der Waals surface area (Å²) in [6, 6.07) is 6.42. The van der Waals surface area contributed by atoms with Gasteiger partial charge >= 0.3 is 0 Å². The summed E-state index contributed by atoms with van der Waals surface area (Å²) in [7, 11) is 0. The molecule has 34 heavy (non-hydrogen) atoms. The van der Waals surface area contributed by atoms with Crippen LogP contribution in [-0.2, 0) is 6.42 Å². The number of carbonyl (C=O) groups excluding carboxylic acids is 1. The second kappa shape index (κ2) is 9.95. The number of pyridine rings is 2. The summed E-state index contributed by atoms with van der Waals surface area (Å²) in [6.07, 6.45) is 6.93. The third-order valence-electron chi connectivity index (χ3n) is 6.55. The summed E-state index contributed by atoms with van der Waals surface area (Å²) in [5.74, 6) is -1.91. The Kier molecular flexibility index (Phi) is 7.00. The topological polar surface area (TPSA) is 54.9 Å². The van der Waals surface area contributed by atoms with Gasteiger partial charge in [0.15, 0.2) is 0 Å². The Morgan fingerprint density at radius 3 is 2.32 bits per heavy atom. The number of nitrogens with zero attached hydrogens (tertiary/aromatic N) is 2. The average molecular weight is 468 g/mol. The molecule has 0 bridgehead atoms. The first-order valence-electron chi connectivity index (χ1n) is 11.7. The van der Waals surface area contributed by atoms with Gasteiger partial charge in [-0.15, -0.1) is 0 Å². The maximum atomic E-state index is 14.6. The van der Waals surface area contributed by atoms with Gasteiger partial charge in [0.1, 0.15) is 28.8 Å². The molecule has 0 radical (unpaired) electrons. The lowest BCUT2D eigenvalue weighted by molar-refractivity contribution is 0.102. The number of aryl methyl sites for hydroxylation is 1. The van der Waals surface area contributed by atoms with E-state index in [1.165, 1.54) is 12.5 Å². The predicted molar refractivity (Wildman–Crippen MR) is 126 cm³/mol. The summed E-state index contributed by atoms with van der Waals surface area (Å²) in [5, 5.41) is 2.83. The summed E-state index contributed by atoms with van der Waals surface area (Å²) in [5.41, 5.74) is 0.745. The van der Waals surface area contributed by atoms with Crippen LogP contribution in [-0.4, -0.2) is 15.9 Å². The highest BCUT2D eigenvalue weighted by atomic mass is 19.1. The second-order valence-corrected chi connectivity index (χ2v) is 9.35. The van der Waals surface area contributed by atoms with Crippen molar-refractivity contribution in [1.82, 2.24) is 9.97 Å². The molecule has 1 aromatic carbocycles. The van der Waals surface area contributed by atoms with Gasteiger partial charge in [-0.3, -0.25) is 9.78 Å². The van der Waals surface area contributed by atoms with Crippen molar-refractivity contribution in [3.63, 3.8) is 0 Å². The summed E-state index contributed by atoms with van der Waals surface area (Å²) < 4.78 is 43.8.